The van der Waals surface area contributed by atoms with Crippen molar-refractivity contribution in [2.45, 2.75) is 44.0 Å². The van der Waals surface area contributed by atoms with Gasteiger partial charge in [-0.25, -0.2) is 0 Å². The van der Waals surface area contributed by atoms with Gasteiger partial charge < -0.3 is 9.84 Å². The summed E-state index contributed by atoms with van der Waals surface area (Å²) >= 11 is 1.71. The molecule has 0 aliphatic heterocycles. The Hall–Kier alpha value is -0.220. The highest BCUT2D eigenvalue weighted by molar-refractivity contribution is 8.00. The summed E-state index contributed by atoms with van der Waals surface area (Å²) < 4.78 is 4.66. The van der Waals surface area contributed by atoms with Crippen molar-refractivity contribution in [1.82, 2.24) is 0 Å². The molecular formula is C11H20O3S. The Balaban J connectivity index is 2.26. The topological polar surface area (TPSA) is 46.5 Å². The van der Waals surface area contributed by atoms with E-state index in [2.05, 4.69) is 4.74 Å². The Kier molecular flexibility index (Phi) is 5.47. The molecule has 88 valence electrons. The molecule has 0 heterocycles. The number of carbonyl (C=O) groups is 1. The van der Waals surface area contributed by atoms with Crippen molar-refractivity contribution in [3.63, 3.8) is 0 Å². The molecule has 1 N–H and O–H groups in total. The Morgan fingerprint density at radius 3 is 2.80 bits per heavy atom. The van der Waals surface area contributed by atoms with Gasteiger partial charge in [-0.15, -0.1) is 0 Å². The van der Waals surface area contributed by atoms with E-state index in [0.717, 1.165) is 25.0 Å². The molecule has 0 aromatic heterocycles. The number of methoxy groups -OCH3 is 1. The van der Waals surface area contributed by atoms with Crippen LogP contribution in [0.15, 0.2) is 0 Å². The first-order valence-electron chi connectivity index (χ1n) is 5.52. The van der Waals surface area contributed by atoms with Crippen LogP contribution in [-0.2, 0) is 9.53 Å². The molecule has 0 amide bonds. The summed E-state index contributed by atoms with van der Waals surface area (Å²) in [4.78, 5) is 11.2. The van der Waals surface area contributed by atoms with Crippen LogP contribution in [0.1, 0.15) is 32.6 Å². The predicted molar refractivity (Wildman–Crippen MR) is 61.9 cm³/mol. The van der Waals surface area contributed by atoms with Crippen LogP contribution in [0, 0.1) is 5.92 Å². The highest BCUT2D eigenvalue weighted by atomic mass is 32.2. The van der Waals surface area contributed by atoms with Gasteiger partial charge in [0.25, 0.3) is 0 Å². The second-order valence-corrected chi connectivity index (χ2v) is 5.42. The van der Waals surface area contributed by atoms with Crippen molar-refractivity contribution < 1.29 is 14.6 Å². The number of aliphatic hydroxyl groups excluding tert-OH is 1. The molecule has 1 rings (SSSR count). The summed E-state index contributed by atoms with van der Waals surface area (Å²) in [6.07, 6.45) is 4.12. The van der Waals surface area contributed by atoms with Crippen molar-refractivity contribution in [1.29, 1.82) is 0 Å². The maximum Gasteiger partial charge on any atom is 0.309 e. The van der Waals surface area contributed by atoms with Gasteiger partial charge in [0, 0.05) is 11.0 Å². The summed E-state index contributed by atoms with van der Waals surface area (Å²) in [6, 6.07) is 0. The highest BCUT2D eigenvalue weighted by Gasteiger charge is 2.25. The van der Waals surface area contributed by atoms with Crippen LogP contribution in [-0.4, -0.2) is 35.3 Å². The molecule has 0 radical (unpaired) electrons. The van der Waals surface area contributed by atoms with Crippen LogP contribution in [0.25, 0.3) is 0 Å². The van der Waals surface area contributed by atoms with Gasteiger partial charge in [0.2, 0.25) is 0 Å². The number of carbonyl (C=O) groups excluding carboxylic acids is 1. The zero-order valence-electron chi connectivity index (χ0n) is 9.44. The molecule has 1 fully saturated rings. The van der Waals surface area contributed by atoms with E-state index in [9.17, 15) is 9.90 Å². The minimum atomic E-state index is -0.186. The molecule has 1 aliphatic rings. The summed E-state index contributed by atoms with van der Waals surface area (Å²) in [6.45, 7) is 1.87. The van der Waals surface area contributed by atoms with Crippen molar-refractivity contribution in [3.05, 3.63) is 0 Å². The molecule has 15 heavy (non-hydrogen) atoms. The lowest BCUT2D eigenvalue weighted by Gasteiger charge is -2.27. The maximum atomic E-state index is 11.2. The molecule has 3 unspecified atom stereocenters. The number of hydrogen-bond acceptors (Lipinski definition) is 4. The minimum Gasteiger partial charge on any atom is -0.469 e. The van der Waals surface area contributed by atoms with Gasteiger partial charge in [0.05, 0.1) is 19.1 Å². The molecular weight excluding hydrogens is 212 g/mol. The largest absolute Gasteiger partial charge is 0.469 e. The Morgan fingerprint density at radius 1 is 1.53 bits per heavy atom. The van der Waals surface area contributed by atoms with Gasteiger partial charge in [0.15, 0.2) is 0 Å². The van der Waals surface area contributed by atoms with Gasteiger partial charge in [-0.05, 0) is 12.8 Å². The van der Waals surface area contributed by atoms with E-state index in [4.69, 9.17) is 0 Å². The van der Waals surface area contributed by atoms with E-state index < -0.39 is 0 Å². The SMILES string of the molecule is COC(=O)C(C)CSC1CCCCC1O. The third kappa shape index (κ3) is 4.03. The van der Waals surface area contributed by atoms with E-state index >= 15 is 0 Å². The van der Waals surface area contributed by atoms with Gasteiger partial charge in [-0.3, -0.25) is 4.79 Å². The van der Waals surface area contributed by atoms with Gasteiger partial charge in [-0.2, -0.15) is 11.8 Å². The molecule has 4 heteroatoms. The maximum absolute atomic E-state index is 11.2. The summed E-state index contributed by atoms with van der Waals surface area (Å²) in [5.41, 5.74) is 0. The quantitative estimate of drug-likeness (QED) is 0.751. The molecule has 0 bridgehead atoms. The third-order valence-electron chi connectivity index (χ3n) is 2.83. The predicted octanol–water partition coefficient (Wildman–Crippen LogP) is 1.83. The summed E-state index contributed by atoms with van der Waals surface area (Å²) in [5.74, 6) is 0.510. The first kappa shape index (κ1) is 12.8. The van der Waals surface area contributed by atoms with Crippen LogP contribution in [0.2, 0.25) is 0 Å². The lowest BCUT2D eigenvalue weighted by molar-refractivity contribution is -0.144. The smallest absolute Gasteiger partial charge is 0.309 e. The molecule has 0 aromatic rings. The highest BCUT2D eigenvalue weighted by Crippen LogP contribution is 2.29. The van der Waals surface area contributed by atoms with Crippen molar-refractivity contribution in [3.8, 4) is 0 Å². The fourth-order valence-electron chi connectivity index (χ4n) is 1.81. The van der Waals surface area contributed by atoms with Crippen LogP contribution in [0.4, 0.5) is 0 Å². The van der Waals surface area contributed by atoms with Gasteiger partial charge in [-0.1, -0.05) is 19.8 Å². The number of aliphatic hydroxyl groups is 1. The van der Waals surface area contributed by atoms with Crippen LogP contribution < -0.4 is 0 Å². The zero-order chi connectivity index (χ0) is 11.3. The van der Waals surface area contributed by atoms with Crippen LogP contribution >= 0.6 is 11.8 Å². The van der Waals surface area contributed by atoms with E-state index in [1.165, 1.54) is 13.5 Å². The second kappa shape index (κ2) is 6.38. The van der Waals surface area contributed by atoms with E-state index in [1.807, 2.05) is 6.92 Å². The minimum absolute atomic E-state index is 0.0749. The van der Waals surface area contributed by atoms with Crippen LogP contribution in [0.3, 0.4) is 0 Å². The summed E-state index contributed by atoms with van der Waals surface area (Å²) in [5, 5.41) is 10.1. The molecule has 0 aromatic carbocycles. The second-order valence-electron chi connectivity index (χ2n) is 4.15. The standard InChI is InChI=1S/C11H20O3S/c1-8(11(13)14-2)7-15-10-6-4-3-5-9(10)12/h8-10,12H,3-7H2,1-2H3. The average Bonchev–Trinajstić information content (AvgIpc) is 2.26. The normalized spacial score (nSPS) is 28.5. The van der Waals surface area contributed by atoms with Crippen molar-refractivity contribution in [2.75, 3.05) is 12.9 Å². The number of ether oxygens (including phenoxy) is 1. The van der Waals surface area contributed by atoms with E-state index in [1.54, 1.807) is 11.8 Å². The van der Waals surface area contributed by atoms with Crippen molar-refractivity contribution >= 4 is 17.7 Å². The average molecular weight is 232 g/mol. The Bertz CT molecular complexity index is 208. The third-order valence-corrected chi connectivity index (χ3v) is 4.50. The van der Waals surface area contributed by atoms with E-state index in [0.29, 0.717) is 5.25 Å². The first-order chi connectivity index (χ1) is 7.15. The molecule has 0 spiro atoms. The number of rotatable bonds is 4. The van der Waals surface area contributed by atoms with Gasteiger partial charge >= 0.3 is 5.97 Å². The van der Waals surface area contributed by atoms with Gasteiger partial charge in [0.1, 0.15) is 0 Å². The molecule has 3 nitrogen and oxygen atoms in total. The number of thioether (sulfide) groups is 1. The molecule has 1 aliphatic carbocycles. The molecule has 1 saturated carbocycles. The Labute approximate surface area is 95.6 Å². The monoisotopic (exact) mass is 232 g/mol. The lowest BCUT2D eigenvalue weighted by atomic mass is 9.97. The molecule has 3 atom stereocenters. The fraction of sp³-hybridized carbons (Fsp3) is 0.909. The zero-order valence-corrected chi connectivity index (χ0v) is 10.3. The Morgan fingerprint density at radius 2 is 2.20 bits per heavy atom. The number of hydrogen-bond donors (Lipinski definition) is 1. The first-order valence-corrected chi connectivity index (χ1v) is 6.57. The van der Waals surface area contributed by atoms with Crippen LogP contribution in [0.5, 0.6) is 0 Å². The fourth-order valence-corrected chi connectivity index (χ4v) is 3.17. The molecule has 0 saturated heterocycles. The van der Waals surface area contributed by atoms with E-state index in [-0.39, 0.29) is 18.0 Å². The summed E-state index contributed by atoms with van der Waals surface area (Å²) in [7, 11) is 1.42. The lowest BCUT2D eigenvalue weighted by Crippen LogP contribution is -2.28. The van der Waals surface area contributed by atoms with Crippen molar-refractivity contribution in [2.24, 2.45) is 5.92 Å². The number of esters is 1.